The van der Waals surface area contributed by atoms with Crippen molar-refractivity contribution >= 4 is 44.8 Å². The number of Topliss-reactive ketones (excluding diaryl/α,β-unsaturated/α-hetero) is 1. The van der Waals surface area contributed by atoms with Crippen molar-refractivity contribution in [3.63, 3.8) is 0 Å². The molecule has 2 amide bonds. The molecule has 1 aromatic heterocycles. The quantitative estimate of drug-likeness (QED) is 0.0277. The van der Waals surface area contributed by atoms with Crippen LogP contribution >= 0.6 is 6.98 Å². The summed E-state index contributed by atoms with van der Waals surface area (Å²) in [6, 6.07) is -1.15. The van der Waals surface area contributed by atoms with Crippen molar-refractivity contribution in [3.8, 4) is 0 Å². The molecular weight excluding hydrogens is 724 g/mol. The monoisotopic (exact) mass is 794 g/mol. The predicted molar refractivity (Wildman–Crippen MR) is 219 cm³/mol. The molecule has 2 N–H and O–H groups in total. The van der Waals surface area contributed by atoms with Crippen molar-refractivity contribution in [3.05, 3.63) is 29.6 Å². The van der Waals surface area contributed by atoms with E-state index in [0.717, 1.165) is 19.3 Å². The SMILES string of the molecule is C=CCC(OC(C)=O)C(=O)OP(CCCC)(CCCC)(CCCC)N1C(=O)[C@H]([C@@H](C)O[Si](C)(C)C(C)(C)C)[C@H]1CC(=O)c1n[nH]c(C)c1C(C)NC(C)=O. The summed E-state index contributed by atoms with van der Waals surface area (Å²) in [5.41, 5.74) is 1.46. The van der Waals surface area contributed by atoms with Gasteiger partial charge in [-0.05, 0) is 0 Å². The van der Waals surface area contributed by atoms with Crippen molar-refractivity contribution in [1.29, 1.82) is 0 Å². The Balaban J connectivity index is 2.95. The maximum atomic E-state index is 15.2. The van der Waals surface area contributed by atoms with Crippen LogP contribution in [0.25, 0.3) is 0 Å². The number of aryl methyl sites for hydroxylation is 1. The number of ketones is 1. The fourth-order valence-electron chi connectivity index (χ4n) is 7.69. The van der Waals surface area contributed by atoms with Crippen molar-refractivity contribution < 1.29 is 37.7 Å². The third kappa shape index (κ3) is 10.7. The molecule has 0 saturated carbocycles. The normalized spacial score (nSPS) is 18.8. The number of nitrogens with zero attached hydrogens (tertiary/aromatic N) is 2. The van der Waals surface area contributed by atoms with Crippen LogP contribution in [0, 0.1) is 12.8 Å². The number of rotatable bonds is 23. The molecule has 2 unspecified atom stereocenters. The van der Waals surface area contributed by atoms with Crippen LogP contribution in [0.5, 0.6) is 0 Å². The number of carbonyl (C=O) groups excluding carboxylic acids is 5. The number of aromatic nitrogens is 2. The number of ether oxygens (including phenoxy) is 1. The molecule has 308 valence electrons. The van der Waals surface area contributed by atoms with Crippen LogP contribution in [0.1, 0.15) is 148 Å². The summed E-state index contributed by atoms with van der Waals surface area (Å²) in [6.07, 6.45) is 5.65. The van der Waals surface area contributed by atoms with E-state index in [2.05, 4.69) is 76.7 Å². The van der Waals surface area contributed by atoms with Gasteiger partial charge in [0, 0.05) is 0 Å². The Bertz CT molecular complexity index is 1480. The van der Waals surface area contributed by atoms with E-state index < -0.39 is 57.4 Å². The standard InChI is InChI=1S/C40H71N4O8PSi/c1-15-19-23-53(24-20-16-2,25-21-17-3,51-39(49)34(22-18-4)50-31(9)46)44-32(36(38(44)48)29(7)52-54(13,14)40(10,11)12)26-33(47)37-35(28(6)42-43-37)27(5)41-30(8)45/h18,27,29,32,34,36H,4,15-17,19-26H2,1-3,5-14H3,(H,41,45)(H,42,43)/t27?,29-,32-,34?,36-/m1/s1. The Kier molecular flexibility index (Phi) is 16.9. The van der Waals surface area contributed by atoms with Gasteiger partial charge >= 0.3 is 327 Å². The Morgan fingerprint density at radius 3 is 2.00 bits per heavy atom. The fraction of sp³-hybridized carbons (Fsp3) is 0.750. The van der Waals surface area contributed by atoms with Crippen LogP contribution in [0.3, 0.4) is 0 Å². The summed E-state index contributed by atoms with van der Waals surface area (Å²) in [6.45, 7) is 24.9. The van der Waals surface area contributed by atoms with E-state index in [-0.39, 0.29) is 41.2 Å². The van der Waals surface area contributed by atoms with Crippen molar-refractivity contribution in [2.75, 3.05) is 18.5 Å². The molecule has 0 aliphatic carbocycles. The topological polar surface area (TPSA) is 157 Å². The van der Waals surface area contributed by atoms with Gasteiger partial charge < -0.3 is 0 Å². The summed E-state index contributed by atoms with van der Waals surface area (Å²) in [5, 5.41) is 10.1. The molecule has 0 spiro atoms. The number of β-lactam (4-membered cyclic amide) rings is 1. The van der Waals surface area contributed by atoms with Gasteiger partial charge in [-0.1, -0.05) is 0 Å². The van der Waals surface area contributed by atoms with Crippen LogP contribution in [-0.4, -0.2) is 89.5 Å². The second-order valence-electron chi connectivity index (χ2n) is 16.8. The number of esters is 1. The number of hydrogen-bond donors (Lipinski definition) is 2. The summed E-state index contributed by atoms with van der Waals surface area (Å²) < 4.78 is 21.2. The van der Waals surface area contributed by atoms with Gasteiger partial charge in [-0.25, -0.2) is 0 Å². The fourth-order valence-corrected chi connectivity index (χ4v) is 16.1. The molecule has 1 saturated heterocycles. The van der Waals surface area contributed by atoms with E-state index >= 15 is 4.79 Å². The molecule has 2 heterocycles. The van der Waals surface area contributed by atoms with Gasteiger partial charge in [0.2, 0.25) is 0 Å². The first-order valence-corrected chi connectivity index (χ1v) is 25.5. The van der Waals surface area contributed by atoms with E-state index in [4.69, 9.17) is 13.7 Å². The zero-order chi connectivity index (χ0) is 41.3. The van der Waals surface area contributed by atoms with Crippen molar-refractivity contribution in [2.24, 2.45) is 5.92 Å². The van der Waals surface area contributed by atoms with Crippen molar-refractivity contribution in [2.45, 2.75) is 170 Å². The first kappa shape index (κ1) is 47.3. The van der Waals surface area contributed by atoms with Crippen LogP contribution in [0.15, 0.2) is 12.7 Å². The Morgan fingerprint density at radius 2 is 1.56 bits per heavy atom. The first-order valence-electron chi connectivity index (χ1n) is 19.9. The minimum absolute atomic E-state index is 0.0594. The summed E-state index contributed by atoms with van der Waals surface area (Å²) in [7, 11) is -2.37. The number of nitrogens with one attached hydrogen (secondary N) is 2. The molecule has 1 fully saturated rings. The number of amides is 2. The van der Waals surface area contributed by atoms with Gasteiger partial charge in [0.1, 0.15) is 0 Å². The third-order valence-electron chi connectivity index (χ3n) is 11.4. The average molecular weight is 795 g/mol. The summed E-state index contributed by atoms with van der Waals surface area (Å²) in [5.74, 6) is -2.68. The number of H-pyrrole nitrogens is 1. The van der Waals surface area contributed by atoms with Gasteiger partial charge in [-0.15, -0.1) is 0 Å². The van der Waals surface area contributed by atoms with Gasteiger partial charge in [0.05, 0.1) is 0 Å². The molecule has 0 bridgehead atoms. The molecule has 2 rings (SSSR count). The average Bonchev–Trinajstić information content (AvgIpc) is 3.45. The maximum absolute atomic E-state index is 15.2. The van der Waals surface area contributed by atoms with Gasteiger partial charge in [0.25, 0.3) is 0 Å². The Morgan fingerprint density at radius 1 is 1.02 bits per heavy atom. The van der Waals surface area contributed by atoms with Crippen LogP contribution in [0.4, 0.5) is 0 Å². The van der Waals surface area contributed by atoms with E-state index in [1.165, 1.54) is 19.9 Å². The van der Waals surface area contributed by atoms with Crippen LogP contribution < -0.4 is 5.32 Å². The van der Waals surface area contributed by atoms with Crippen LogP contribution in [-0.2, 0) is 32.9 Å². The summed E-state index contributed by atoms with van der Waals surface area (Å²) >= 11 is 0. The van der Waals surface area contributed by atoms with Gasteiger partial charge in [-0.3, -0.25) is 0 Å². The number of unbranched alkanes of at least 4 members (excludes halogenated alkanes) is 3. The zero-order valence-electron chi connectivity index (χ0n) is 35.6. The molecular formula is C40H71N4O8PSi. The predicted octanol–water partition coefficient (Wildman–Crippen LogP) is 8.56. The van der Waals surface area contributed by atoms with Crippen molar-refractivity contribution in [1.82, 2.24) is 20.2 Å². The minimum atomic E-state index is -4.06. The molecule has 5 atom stereocenters. The van der Waals surface area contributed by atoms with E-state index in [1.807, 2.05) is 25.4 Å². The molecule has 1 aromatic rings. The molecule has 14 heteroatoms. The number of aromatic amines is 1. The third-order valence-corrected chi connectivity index (χ3v) is 22.2. The first-order chi connectivity index (χ1) is 25.1. The molecule has 54 heavy (non-hydrogen) atoms. The molecule has 0 aromatic carbocycles. The van der Waals surface area contributed by atoms with E-state index in [1.54, 1.807) is 0 Å². The molecule has 1 aliphatic heterocycles. The molecule has 0 radical (unpaired) electrons. The Hall–Kier alpha value is -2.89. The number of carbonyl (C=O) groups is 5. The zero-order valence-corrected chi connectivity index (χ0v) is 37.5. The molecule has 12 nitrogen and oxygen atoms in total. The summed E-state index contributed by atoms with van der Waals surface area (Å²) in [4.78, 5) is 68.5. The van der Waals surface area contributed by atoms with E-state index in [9.17, 15) is 19.2 Å². The second kappa shape index (κ2) is 19.3. The van der Waals surface area contributed by atoms with Crippen LogP contribution in [0.2, 0.25) is 18.1 Å². The molecule has 1 aliphatic rings. The van der Waals surface area contributed by atoms with E-state index in [0.29, 0.717) is 49.0 Å². The van der Waals surface area contributed by atoms with Gasteiger partial charge in [-0.2, -0.15) is 0 Å². The second-order valence-corrected chi connectivity index (χ2v) is 26.7. The number of hydrogen-bond acceptors (Lipinski definition) is 9. The van der Waals surface area contributed by atoms with Gasteiger partial charge in [0.15, 0.2) is 0 Å². The Labute approximate surface area is 325 Å².